The molecule has 0 saturated heterocycles. The second-order valence-electron chi connectivity index (χ2n) is 6.34. The highest BCUT2D eigenvalue weighted by Gasteiger charge is 2.12. The maximum atomic E-state index is 13.2. The molecule has 0 aliphatic rings. The van der Waals surface area contributed by atoms with Crippen molar-refractivity contribution in [3.8, 4) is 5.69 Å². The van der Waals surface area contributed by atoms with Gasteiger partial charge in [-0.2, -0.15) is 0 Å². The van der Waals surface area contributed by atoms with E-state index in [9.17, 15) is 14.3 Å². The van der Waals surface area contributed by atoms with E-state index >= 15 is 0 Å². The zero-order chi connectivity index (χ0) is 19.0. The summed E-state index contributed by atoms with van der Waals surface area (Å²) in [5.41, 5.74) is 3.81. The number of benzene rings is 3. The third-order valence-electron chi connectivity index (χ3n) is 4.56. The van der Waals surface area contributed by atoms with Crippen LogP contribution < -0.4 is 0 Å². The summed E-state index contributed by atoms with van der Waals surface area (Å²) < 4.78 is 15.1. The summed E-state index contributed by atoms with van der Waals surface area (Å²) >= 11 is 5.92. The van der Waals surface area contributed by atoms with Crippen molar-refractivity contribution in [3.63, 3.8) is 0 Å². The van der Waals surface area contributed by atoms with E-state index in [1.165, 1.54) is 18.2 Å². The highest BCUT2D eigenvalue weighted by atomic mass is 35.5. The number of aromatic carboxylic acids is 1. The fourth-order valence-corrected chi connectivity index (χ4v) is 3.42. The molecule has 4 rings (SSSR count). The molecule has 1 N–H and O–H groups in total. The number of aromatic nitrogens is 1. The molecule has 4 aromatic rings. The van der Waals surface area contributed by atoms with Crippen LogP contribution in [-0.2, 0) is 6.42 Å². The van der Waals surface area contributed by atoms with Gasteiger partial charge in [0.1, 0.15) is 5.82 Å². The summed E-state index contributed by atoms with van der Waals surface area (Å²) in [6, 6.07) is 19.2. The minimum atomic E-state index is -0.990. The van der Waals surface area contributed by atoms with Gasteiger partial charge in [-0.1, -0.05) is 23.7 Å². The van der Waals surface area contributed by atoms with Gasteiger partial charge in [0.2, 0.25) is 0 Å². The van der Waals surface area contributed by atoms with E-state index in [0.29, 0.717) is 17.0 Å². The van der Waals surface area contributed by atoms with E-state index in [2.05, 4.69) is 0 Å². The van der Waals surface area contributed by atoms with E-state index in [-0.39, 0.29) is 11.4 Å². The molecule has 0 bridgehead atoms. The summed E-state index contributed by atoms with van der Waals surface area (Å²) in [5, 5.41) is 10.8. The molecule has 0 aliphatic heterocycles. The number of carboxylic acid groups (broad SMARTS) is 1. The second kappa shape index (κ2) is 6.89. The SMILES string of the molecule is O=C(O)c1cc(Cl)ccc1Cc1ccc2c(ccn2-c2ccc(F)cc2)c1. The van der Waals surface area contributed by atoms with E-state index in [0.717, 1.165) is 22.2 Å². The average molecular weight is 380 g/mol. The molecule has 5 heteroatoms. The smallest absolute Gasteiger partial charge is 0.336 e. The average Bonchev–Trinajstić information content (AvgIpc) is 3.07. The van der Waals surface area contributed by atoms with Crippen LogP contribution in [0.15, 0.2) is 72.9 Å². The van der Waals surface area contributed by atoms with E-state index in [1.807, 2.05) is 35.0 Å². The van der Waals surface area contributed by atoms with Crippen LogP contribution in [-0.4, -0.2) is 15.6 Å². The Bertz CT molecular complexity index is 1150. The highest BCUT2D eigenvalue weighted by Crippen LogP contribution is 2.25. The van der Waals surface area contributed by atoms with Crippen molar-refractivity contribution in [2.75, 3.05) is 0 Å². The fourth-order valence-electron chi connectivity index (χ4n) is 3.25. The van der Waals surface area contributed by atoms with Gasteiger partial charge in [0.05, 0.1) is 11.1 Å². The van der Waals surface area contributed by atoms with Crippen LogP contribution in [0.1, 0.15) is 21.5 Å². The minimum absolute atomic E-state index is 0.214. The predicted molar refractivity (Wildman–Crippen MR) is 104 cm³/mol. The minimum Gasteiger partial charge on any atom is -0.478 e. The number of halogens is 2. The molecule has 0 saturated carbocycles. The van der Waals surface area contributed by atoms with Gasteiger partial charge in [-0.05, 0) is 72.1 Å². The van der Waals surface area contributed by atoms with Crippen molar-refractivity contribution in [1.29, 1.82) is 0 Å². The number of nitrogens with zero attached hydrogens (tertiary/aromatic N) is 1. The standard InChI is InChI=1S/C22H15ClFNO2/c23-17-3-2-15(20(13-17)22(26)27)11-14-1-8-21-16(12-14)9-10-25(21)19-6-4-18(24)5-7-19/h1-10,12-13H,11H2,(H,26,27). The van der Waals surface area contributed by atoms with E-state index in [4.69, 9.17) is 11.6 Å². The molecule has 1 aromatic heterocycles. The summed E-state index contributed by atoms with van der Waals surface area (Å²) in [7, 11) is 0. The normalized spacial score (nSPS) is 11.0. The first-order valence-electron chi connectivity index (χ1n) is 8.39. The maximum Gasteiger partial charge on any atom is 0.336 e. The van der Waals surface area contributed by atoms with Crippen LogP contribution in [0.3, 0.4) is 0 Å². The molecule has 0 unspecified atom stereocenters. The highest BCUT2D eigenvalue weighted by molar-refractivity contribution is 6.31. The molecule has 3 nitrogen and oxygen atoms in total. The lowest BCUT2D eigenvalue weighted by atomic mass is 9.99. The molecule has 0 atom stereocenters. The predicted octanol–water partition coefficient (Wildman–Crippen LogP) is 5.71. The first-order chi connectivity index (χ1) is 13.0. The monoisotopic (exact) mass is 379 g/mol. The molecule has 134 valence electrons. The Morgan fingerprint density at radius 1 is 1.00 bits per heavy atom. The van der Waals surface area contributed by atoms with Gasteiger partial charge in [-0.3, -0.25) is 0 Å². The number of rotatable bonds is 4. The molecule has 0 radical (unpaired) electrons. The van der Waals surface area contributed by atoms with Gasteiger partial charge < -0.3 is 9.67 Å². The molecule has 1 heterocycles. The Hall–Kier alpha value is -3.11. The molecular weight excluding hydrogens is 365 g/mol. The van der Waals surface area contributed by atoms with Crippen molar-refractivity contribution < 1.29 is 14.3 Å². The van der Waals surface area contributed by atoms with Gasteiger partial charge >= 0.3 is 5.97 Å². The summed E-state index contributed by atoms with van der Waals surface area (Å²) in [6.07, 6.45) is 2.43. The quantitative estimate of drug-likeness (QED) is 0.493. The molecule has 27 heavy (non-hydrogen) atoms. The lowest BCUT2D eigenvalue weighted by Gasteiger charge is -2.09. The number of carboxylic acids is 1. The first-order valence-corrected chi connectivity index (χ1v) is 8.77. The van der Waals surface area contributed by atoms with Gasteiger partial charge in [-0.15, -0.1) is 0 Å². The van der Waals surface area contributed by atoms with Crippen LogP contribution in [0.5, 0.6) is 0 Å². The summed E-state index contributed by atoms with van der Waals surface area (Å²) in [6.45, 7) is 0. The van der Waals surface area contributed by atoms with E-state index < -0.39 is 5.97 Å². The summed E-state index contributed by atoms with van der Waals surface area (Å²) in [5.74, 6) is -1.26. The van der Waals surface area contributed by atoms with Gasteiger partial charge in [0.15, 0.2) is 0 Å². The van der Waals surface area contributed by atoms with Crippen molar-refractivity contribution in [1.82, 2.24) is 4.57 Å². The molecular formula is C22H15ClFNO2. The number of fused-ring (bicyclic) bond motifs is 1. The molecule has 0 aliphatic carbocycles. The van der Waals surface area contributed by atoms with Crippen LogP contribution in [0.25, 0.3) is 16.6 Å². The molecule has 3 aromatic carbocycles. The number of hydrogen-bond donors (Lipinski definition) is 1. The van der Waals surface area contributed by atoms with Gasteiger partial charge in [-0.25, -0.2) is 9.18 Å². The van der Waals surface area contributed by atoms with Crippen molar-refractivity contribution in [2.24, 2.45) is 0 Å². The van der Waals surface area contributed by atoms with Crippen LogP contribution in [0, 0.1) is 5.82 Å². The topological polar surface area (TPSA) is 42.2 Å². The number of carbonyl (C=O) groups is 1. The van der Waals surface area contributed by atoms with Crippen LogP contribution in [0.2, 0.25) is 5.02 Å². The lowest BCUT2D eigenvalue weighted by molar-refractivity contribution is 0.0696. The van der Waals surface area contributed by atoms with Crippen molar-refractivity contribution in [2.45, 2.75) is 6.42 Å². The third-order valence-corrected chi connectivity index (χ3v) is 4.79. The maximum absolute atomic E-state index is 13.2. The Labute approximate surface area is 160 Å². The van der Waals surface area contributed by atoms with Gasteiger partial charge in [0.25, 0.3) is 0 Å². The van der Waals surface area contributed by atoms with Crippen LogP contribution in [0.4, 0.5) is 4.39 Å². The Morgan fingerprint density at radius 3 is 2.52 bits per heavy atom. The fraction of sp³-hybridized carbons (Fsp3) is 0.0455. The second-order valence-corrected chi connectivity index (χ2v) is 6.78. The van der Waals surface area contributed by atoms with Crippen molar-refractivity contribution >= 4 is 28.5 Å². The zero-order valence-electron chi connectivity index (χ0n) is 14.2. The van der Waals surface area contributed by atoms with E-state index in [1.54, 1.807) is 24.3 Å². The molecule has 0 amide bonds. The third kappa shape index (κ3) is 3.44. The summed E-state index contributed by atoms with van der Waals surface area (Å²) in [4.78, 5) is 11.5. The Balaban J connectivity index is 1.69. The van der Waals surface area contributed by atoms with Crippen molar-refractivity contribution in [3.05, 3.63) is 100 Å². The number of hydrogen-bond acceptors (Lipinski definition) is 1. The Morgan fingerprint density at radius 2 is 1.78 bits per heavy atom. The molecule has 0 spiro atoms. The largest absolute Gasteiger partial charge is 0.478 e. The molecule has 0 fully saturated rings. The lowest BCUT2D eigenvalue weighted by Crippen LogP contribution is -2.03. The van der Waals surface area contributed by atoms with Gasteiger partial charge in [0, 0.05) is 22.3 Å². The first kappa shape index (κ1) is 17.3. The zero-order valence-corrected chi connectivity index (χ0v) is 14.9. The van der Waals surface area contributed by atoms with Crippen LogP contribution >= 0.6 is 11.6 Å². The Kier molecular flexibility index (Phi) is 4.42.